The van der Waals surface area contributed by atoms with E-state index in [0.29, 0.717) is 19.7 Å². The van der Waals surface area contributed by atoms with Crippen molar-refractivity contribution in [3.8, 4) is 11.8 Å². The fourth-order valence-corrected chi connectivity index (χ4v) is 0.795. The average Bonchev–Trinajstić information content (AvgIpc) is 2.08. The zero-order chi connectivity index (χ0) is 11.0. The Labute approximate surface area is 86.8 Å². The van der Waals surface area contributed by atoms with E-state index in [4.69, 9.17) is 4.74 Å². The van der Waals surface area contributed by atoms with Gasteiger partial charge in [0.25, 0.3) is 0 Å². The Balaban J connectivity index is 3.44. The monoisotopic (exact) mass is 199 g/mol. The lowest BCUT2D eigenvalue weighted by atomic mass is 10.2. The molecule has 82 valence electrons. The second-order valence-corrected chi connectivity index (χ2v) is 4.13. The van der Waals surface area contributed by atoms with Crippen LogP contribution in [0, 0.1) is 11.8 Å². The summed E-state index contributed by atoms with van der Waals surface area (Å²) in [5.74, 6) is 5.64. The fraction of sp³-hybridized carbons (Fsp3) is 0.818. The van der Waals surface area contributed by atoms with Crippen LogP contribution in [0.25, 0.3) is 0 Å². The average molecular weight is 199 g/mol. The van der Waals surface area contributed by atoms with Crippen molar-refractivity contribution in [3.63, 3.8) is 0 Å². The number of hydrogen-bond acceptors (Lipinski definition) is 3. The van der Waals surface area contributed by atoms with Crippen LogP contribution in [0.5, 0.6) is 0 Å². The number of ether oxygens (including phenoxy) is 1. The second kappa shape index (κ2) is 6.83. The summed E-state index contributed by atoms with van der Waals surface area (Å²) in [6.07, 6.45) is -0.465. The number of aliphatic hydroxyl groups is 1. The van der Waals surface area contributed by atoms with Gasteiger partial charge in [0, 0.05) is 6.54 Å². The molecule has 0 aromatic rings. The summed E-state index contributed by atoms with van der Waals surface area (Å²) in [6, 6.07) is 0. The van der Waals surface area contributed by atoms with Crippen LogP contribution in [-0.4, -0.2) is 36.5 Å². The van der Waals surface area contributed by atoms with E-state index >= 15 is 0 Å². The molecule has 0 radical (unpaired) electrons. The standard InChI is InChI=1S/C11H21NO2/c1-5-6-7-12-8-10(13)9-14-11(2,3)4/h10,12-13H,7-9H2,1-4H3. The van der Waals surface area contributed by atoms with Crippen molar-refractivity contribution in [1.82, 2.24) is 5.32 Å². The zero-order valence-electron chi connectivity index (χ0n) is 9.55. The SMILES string of the molecule is CC#CCNCC(O)COC(C)(C)C. The largest absolute Gasteiger partial charge is 0.389 e. The molecule has 0 aromatic heterocycles. The van der Waals surface area contributed by atoms with Crippen molar-refractivity contribution in [2.45, 2.75) is 39.4 Å². The van der Waals surface area contributed by atoms with Gasteiger partial charge >= 0.3 is 0 Å². The second-order valence-electron chi connectivity index (χ2n) is 4.13. The van der Waals surface area contributed by atoms with Crippen LogP contribution in [0.4, 0.5) is 0 Å². The first-order chi connectivity index (χ1) is 6.45. The van der Waals surface area contributed by atoms with E-state index in [1.165, 1.54) is 0 Å². The summed E-state index contributed by atoms with van der Waals surface area (Å²) in [6.45, 7) is 9.19. The zero-order valence-corrected chi connectivity index (χ0v) is 9.55. The Kier molecular flexibility index (Phi) is 6.56. The number of rotatable bonds is 5. The minimum atomic E-state index is -0.465. The number of nitrogens with one attached hydrogen (secondary N) is 1. The Bertz CT molecular complexity index is 198. The molecule has 0 spiro atoms. The van der Waals surface area contributed by atoms with Gasteiger partial charge in [-0.05, 0) is 27.7 Å². The van der Waals surface area contributed by atoms with E-state index in [9.17, 15) is 5.11 Å². The van der Waals surface area contributed by atoms with E-state index in [0.717, 1.165) is 0 Å². The van der Waals surface area contributed by atoms with Crippen LogP contribution in [0.1, 0.15) is 27.7 Å². The maximum Gasteiger partial charge on any atom is 0.0898 e. The van der Waals surface area contributed by atoms with Crippen molar-refractivity contribution in [2.75, 3.05) is 19.7 Å². The molecule has 0 amide bonds. The molecule has 0 saturated carbocycles. The van der Waals surface area contributed by atoms with E-state index in [1.54, 1.807) is 6.92 Å². The molecule has 0 aromatic carbocycles. The highest BCUT2D eigenvalue weighted by Crippen LogP contribution is 2.06. The van der Waals surface area contributed by atoms with E-state index in [-0.39, 0.29) is 5.60 Å². The predicted octanol–water partition coefficient (Wildman–Crippen LogP) is 0.775. The summed E-state index contributed by atoms with van der Waals surface area (Å²) < 4.78 is 5.42. The van der Waals surface area contributed by atoms with Gasteiger partial charge in [-0.2, -0.15) is 0 Å². The topological polar surface area (TPSA) is 41.5 Å². The van der Waals surface area contributed by atoms with Crippen LogP contribution in [0.3, 0.4) is 0 Å². The highest BCUT2D eigenvalue weighted by molar-refractivity contribution is 4.96. The van der Waals surface area contributed by atoms with Crippen LogP contribution in [0.2, 0.25) is 0 Å². The summed E-state index contributed by atoms with van der Waals surface area (Å²) in [5.41, 5.74) is -0.190. The minimum Gasteiger partial charge on any atom is -0.389 e. The van der Waals surface area contributed by atoms with Crippen molar-refractivity contribution >= 4 is 0 Å². The lowest BCUT2D eigenvalue weighted by Crippen LogP contribution is -2.33. The molecule has 14 heavy (non-hydrogen) atoms. The molecule has 0 aliphatic rings. The fourth-order valence-electron chi connectivity index (χ4n) is 0.795. The Morgan fingerprint density at radius 1 is 1.43 bits per heavy atom. The third-order valence-electron chi connectivity index (χ3n) is 1.48. The van der Waals surface area contributed by atoms with Crippen LogP contribution >= 0.6 is 0 Å². The normalized spacial score (nSPS) is 13.2. The van der Waals surface area contributed by atoms with Gasteiger partial charge in [-0.15, -0.1) is 5.92 Å². The molecule has 0 aliphatic heterocycles. The van der Waals surface area contributed by atoms with Crippen LogP contribution in [-0.2, 0) is 4.74 Å². The Morgan fingerprint density at radius 2 is 2.07 bits per heavy atom. The maximum absolute atomic E-state index is 9.48. The first-order valence-electron chi connectivity index (χ1n) is 4.88. The first kappa shape index (κ1) is 13.4. The molecule has 2 N–H and O–H groups in total. The first-order valence-corrected chi connectivity index (χ1v) is 4.88. The van der Waals surface area contributed by atoms with Crippen molar-refractivity contribution in [3.05, 3.63) is 0 Å². The minimum absolute atomic E-state index is 0.190. The molecule has 3 nitrogen and oxygen atoms in total. The van der Waals surface area contributed by atoms with Crippen molar-refractivity contribution in [2.24, 2.45) is 0 Å². The van der Waals surface area contributed by atoms with Gasteiger partial charge in [0.15, 0.2) is 0 Å². The number of aliphatic hydroxyl groups excluding tert-OH is 1. The third kappa shape index (κ3) is 9.53. The van der Waals surface area contributed by atoms with Crippen LogP contribution in [0.15, 0.2) is 0 Å². The molecule has 0 aliphatic carbocycles. The van der Waals surface area contributed by atoms with Gasteiger partial charge in [-0.1, -0.05) is 5.92 Å². The predicted molar refractivity (Wildman–Crippen MR) is 58.0 cm³/mol. The van der Waals surface area contributed by atoms with Gasteiger partial charge in [0.05, 0.1) is 24.9 Å². The Morgan fingerprint density at radius 3 is 2.57 bits per heavy atom. The molecule has 1 atom stereocenters. The summed E-state index contributed by atoms with van der Waals surface area (Å²) in [7, 11) is 0. The van der Waals surface area contributed by atoms with Crippen molar-refractivity contribution in [1.29, 1.82) is 0 Å². The quantitative estimate of drug-likeness (QED) is 0.508. The summed E-state index contributed by atoms with van der Waals surface area (Å²) >= 11 is 0. The van der Waals surface area contributed by atoms with E-state index in [1.807, 2.05) is 20.8 Å². The lowest BCUT2D eigenvalue weighted by Gasteiger charge is -2.21. The molecule has 0 fully saturated rings. The summed E-state index contributed by atoms with van der Waals surface area (Å²) in [4.78, 5) is 0. The number of hydrogen-bond donors (Lipinski definition) is 2. The van der Waals surface area contributed by atoms with E-state index < -0.39 is 6.10 Å². The molecular formula is C11H21NO2. The molecule has 0 heterocycles. The smallest absolute Gasteiger partial charge is 0.0898 e. The Hall–Kier alpha value is -0.560. The van der Waals surface area contributed by atoms with Gasteiger partial charge in [-0.25, -0.2) is 0 Å². The third-order valence-corrected chi connectivity index (χ3v) is 1.48. The maximum atomic E-state index is 9.48. The molecule has 0 rings (SSSR count). The van der Waals surface area contributed by atoms with Gasteiger partial charge in [0.1, 0.15) is 0 Å². The lowest BCUT2D eigenvalue weighted by molar-refractivity contribution is -0.0476. The summed E-state index contributed by atoms with van der Waals surface area (Å²) in [5, 5.41) is 12.5. The molecule has 0 bridgehead atoms. The van der Waals surface area contributed by atoms with Gasteiger partial charge in [-0.3, -0.25) is 0 Å². The molecule has 0 saturated heterocycles. The molecular weight excluding hydrogens is 178 g/mol. The van der Waals surface area contributed by atoms with Gasteiger partial charge < -0.3 is 15.2 Å². The van der Waals surface area contributed by atoms with Crippen molar-refractivity contribution < 1.29 is 9.84 Å². The highest BCUT2D eigenvalue weighted by atomic mass is 16.5. The van der Waals surface area contributed by atoms with Crippen LogP contribution < -0.4 is 5.32 Å². The van der Waals surface area contributed by atoms with E-state index in [2.05, 4.69) is 17.2 Å². The van der Waals surface area contributed by atoms with Gasteiger partial charge in [0.2, 0.25) is 0 Å². The molecule has 1 unspecified atom stereocenters. The highest BCUT2D eigenvalue weighted by Gasteiger charge is 2.12. The molecule has 3 heteroatoms.